The van der Waals surface area contributed by atoms with E-state index in [1.54, 1.807) is 25.1 Å². The van der Waals surface area contributed by atoms with Crippen molar-refractivity contribution >= 4 is 29.3 Å². The van der Waals surface area contributed by atoms with Crippen molar-refractivity contribution in [1.82, 2.24) is 9.97 Å². The zero-order valence-corrected chi connectivity index (χ0v) is 15.8. The summed E-state index contributed by atoms with van der Waals surface area (Å²) in [5.41, 5.74) is 6.93. The summed E-state index contributed by atoms with van der Waals surface area (Å²) < 4.78 is 0. The molecular weight excluding hydrogens is 376 g/mol. The fraction of sp³-hybridized carbons (Fsp3) is 0.100. The van der Waals surface area contributed by atoms with Gasteiger partial charge in [0.25, 0.3) is 11.5 Å². The van der Waals surface area contributed by atoms with E-state index in [0.717, 1.165) is 17.3 Å². The third-order valence-corrected chi connectivity index (χ3v) is 4.88. The number of hydrogen-bond donors (Lipinski definition) is 3. The highest BCUT2D eigenvalue weighted by atomic mass is 32.2. The zero-order chi connectivity index (χ0) is 20.1. The number of anilines is 1. The molecular formula is C20H18N4O3S. The number of hydrogen-bond acceptors (Lipinski definition) is 5. The van der Waals surface area contributed by atoms with E-state index < -0.39 is 11.2 Å². The minimum Gasteiger partial charge on any atom is -0.366 e. The summed E-state index contributed by atoms with van der Waals surface area (Å²) in [5, 5.41) is 2.45. The largest absolute Gasteiger partial charge is 0.366 e. The van der Waals surface area contributed by atoms with Gasteiger partial charge in [0.1, 0.15) is 0 Å². The predicted molar refractivity (Wildman–Crippen MR) is 109 cm³/mol. The lowest BCUT2D eigenvalue weighted by molar-refractivity contribution is -0.115. The molecule has 3 rings (SSSR count). The first-order chi connectivity index (χ1) is 13.4. The molecule has 1 heterocycles. The first-order valence-electron chi connectivity index (χ1n) is 8.47. The summed E-state index contributed by atoms with van der Waals surface area (Å²) in [6, 6.07) is 17.2. The van der Waals surface area contributed by atoms with Crippen LogP contribution in [0.3, 0.4) is 0 Å². The van der Waals surface area contributed by atoms with Crippen LogP contribution in [0.25, 0.3) is 11.3 Å². The molecule has 2 amide bonds. The molecule has 0 aliphatic carbocycles. The maximum Gasteiger partial charge on any atom is 0.252 e. The Morgan fingerprint density at radius 3 is 2.50 bits per heavy atom. The second kappa shape index (κ2) is 8.53. The highest BCUT2D eigenvalue weighted by Gasteiger charge is 2.18. The van der Waals surface area contributed by atoms with E-state index >= 15 is 0 Å². The molecule has 3 aromatic rings. The molecule has 1 aromatic heterocycles. The number of nitrogens with one attached hydrogen (secondary N) is 2. The quantitative estimate of drug-likeness (QED) is 0.439. The molecule has 0 unspecified atom stereocenters. The van der Waals surface area contributed by atoms with Crippen LogP contribution < -0.4 is 16.6 Å². The van der Waals surface area contributed by atoms with Gasteiger partial charge in [0.05, 0.1) is 22.2 Å². The summed E-state index contributed by atoms with van der Waals surface area (Å²) >= 11 is 1.11. The van der Waals surface area contributed by atoms with Crippen LogP contribution in [0.5, 0.6) is 0 Å². The molecule has 0 saturated carbocycles. The molecule has 0 saturated heterocycles. The number of aromatic nitrogens is 2. The van der Waals surface area contributed by atoms with Crippen molar-refractivity contribution in [3.05, 3.63) is 76.6 Å². The van der Waals surface area contributed by atoms with E-state index in [1.165, 1.54) is 12.1 Å². The number of nitrogens with two attached hydrogens (primary N) is 1. The van der Waals surface area contributed by atoms with Crippen LogP contribution >= 0.6 is 11.8 Å². The Hall–Kier alpha value is -3.39. The van der Waals surface area contributed by atoms with Gasteiger partial charge in [-0.1, -0.05) is 54.2 Å². The van der Waals surface area contributed by atoms with Crippen LogP contribution in [-0.4, -0.2) is 27.0 Å². The number of carbonyl (C=O) groups is 2. The van der Waals surface area contributed by atoms with Crippen LogP contribution in [0.15, 0.2) is 70.6 Å². The molecule has 28 heavy (non-hydrogen) atoms. The summed E-state index contributed by atoms with van der Waals surface area (Å²) in [5.74, 6) is -0.968. The van der Waals surface area contributed by atoms with E-state index in [0.29, 0.717) is 16.5 Å². The third-order valence-electron chi connectivity index (χ3n) is 3.90. The van der Waals surface area contributed by atoms with Crippen molar-refractivity contribution in [2.45, 2.75) is 17.3 Å². The molecule has 0 aliphatic heterocycles. The Bertz CT molecular complexity index is 1070. The maximum atomic E-state index is 12.5. The Morgan fingerprint density at radius 1 is 1.11 bits per heavy atom. The second-order valence-electron chi connectivity index (χ2n) is 5.96. The predicted octanol–water partition coefficient (Wildman–Crippen LogP) is 2.66. The van der Waals surface area contributed by atoms with Crippen LogP contribution in [0, 0.1) is 0 Å². The van der Waals surface area contributed by atoms with Gasteiger partial charge in [-0.3, -0.25) is 14.4 Å². The maximum absolute atomic E-state index is 12.5. The van der Waals surface area contributed by atoms with Gasteiger partial charge in [-0.2, -0.15) is 0 Å². The molecule has 0 spiro atoms. The van der Waals surface area contributed by atoms with Crippen LogP contribution in [-0.2, 0) is 4.79 Å². The smallest absolute Gasteiger partial charge is 0.252 e. The SMILES string of the molecule is C[C@H](Sc1nc(-c2ccccc2)cc(=O)[nH]1)C(=O)Nc1ccccc1C(N)=O. The van der Waals surface area contributed by atoms with Gasteiger partial charge in [0, 0.05) is 11.6 Å². The van der Waals surface area contributed by atoms with E-state index in [-0.39, 0.29) is 17.0 Å². The number of carbonyl (C=O) groups excluding carboxylic acids is 2. The molecule has 1 atom stereocenters. The molecule has 0 fully saturated rings. The number of thioether (sulfide) groups is 1. The first-order valence-corrected chi connectivity index (χ1v) is 9.35. The Labute approximate surface area is 165 Å². The minimum absolute atomic E-state index is 0.227. The average molecular weight is 394 g/mol. The second-order valence-corrected chi connectivity index (χ2v) is 7.29. The molecule has 0 bridgehead atoms. The lowest BCUT2D eigenvalue weighted by Gasteiger charge is -2.13. The highest BCUT2D eigenvalue weighted by molar-refractivity contribution is 8.00. The van der Waals surface area contributed by atoms with Gasteiger partial charge in [0.2, 0.25) is 5.91 Å². The lowest BCUT2D eigenvalue weighted by Crippen LogP contribution is -2.25. The number of benzene rings is 2. The standard InChI is InChI=1S/C20H18N4O3S/c1-12(19(27)22-15-10-6-5-9-14(15)18(21)26)28-20-23-16(11-17(25)24-20)13-7-3-2-4-8-13/h2-12H,1H3,(H2,21,26)(H,22,27)(H,23,24,25)/t12-/m0/s1. The van der Waals surface area contributed by atoms with E-state index in [4.69, 9.17) is 5.73 Å². The average Bonchev–Trinajstić information content (AvgIpc) is 2.68. The van der Waals surface area contributed by atoms with E-state index in [2.05, 4.69) is 15.3 Å². The normalized spacial score (nSPS) is 11.6. The summed E-state index contributed by atoms with van der Waals surface area (Å²) in [7, 11) is 0. The number of primary amides is 1. The fourth-order valence-electron chi connectivity index (χ4n) is 2.51. The number of amides is 2. The fourth-order valence-corrected chi connectivity index (χ4v) is 3.32. The van der Waals surface area contributed by atoms with Crippen molar-refractivity contribution in [2.75, 3.05) is 5.32 Å². The van der Waals surface area contributed by atoms with E-state index in [1.807, 2.05) is 30.3 Å². The summed E-state index contributed by atoms with van der Waals surface area (Å²) in [6.45, 7) is 1.68. The summed E-state index contributed by atoms with van der Waals surface area (Å²) in [6.07, 6.45) is 0. The van der Waals surface area contributed by atoms with Gasteiger partial charge >= 0.3 is 0 Å². The third kappa shape index (κ3) is 4.66. The monoisotopic (exact) mass is 394 g/mol. The number of aromatic amines is 1. The van der Waals surface area contributed by atoms with Crippen molar-refractivity contribution < 1.29 is 9.59 Å². The number of para-hydroxylation sites is 1. The Balaban J connectivity index is 1.77. The molecule has 8 heteroatoms. The lowest BCUT2D eigenvalue weighted by atomic mass is 10.1. The van der Waals surface area contributed by atoms with Gasteiger partial charge in [-0.25, -0.2) is 4.98 Å². The van der Waals surface area contributed by atoms with Gasteiger partial charge in [0.15, 0.2) is 5.16 Å². The molecule has 0 radical (unpaired) electrons. The Kier molecular flexibility index (Phi) is 5.90. The minimum atomic E-state index is -0.627. The van der Waals surface area contributed by atoms with Gasteiger partial charge in [-0.15, -0.1) is 0 Å². The zero-order valence-electron chi connectivity index (χ0n) is 15.0. The summed E-state index contributed by atoms with van der Waals surface area (Å²) in [4.78, 5) is 43.1. The van der Waals surface area contributed by atoms with Crippen molar-refractivity contribution in [2.24, 2.45) is 5.73 Å². The van der Waals surface area contributed by atoms with Crippen molar-refractivity contribution in [1.29, 1.82) is 0 Å². The molecule has 4 N–H and O–H groups in total. The van der Waals surface area contributed by atoms with Crippen LogP contribution in [0.2, 0.25) is 0 Å². The molecule has 142 valence electrons. The first kappa shape index (κ1) is 19.4. The van der Waals surface area contributed by atoms with Crippen molar-refractivity contribution in [3.8, 4) is 11.3 Å². The van der Waals surface area contributed by atoms with Crippen LogP contribution in [0.1, 0.15) is 17.3 Å². The number of H-pyrrole nitrogens is 1. The highest BCUT2D eigenvalue weighted by Crippen LogP contribution is 2.23. The number of nitrogens with zero attached hydrogens (tertiary/aromatic N) is 1. The molecule has 7 nitrogen and oxygen atoms in total. The molecule has 0 aliphatic rings. The molecule has 2 aromatic carbocycles. The van der Waals surface area contributed by atoms with Crippen LogP contribution in [0.4, 0.5) is 5.69 Å². The van der Waals surface area contributed by atoms with Gasteiger partial charge in [-0.05, 0) is 19.1 Å². The number of rotatable bonds is 6. The van der Waals surface area contributed by atoms with Gasteiger partial charge < -0.3 is 16.0 Å². The topological polar surface area (TPSA) is 118 Å². The van der Waals surface area contributed by atoms with E-state index in [9.17, 15) is 14.4 Å². The van der Waals surface area contributed by atoms with Crippen molar-refractivity contribution in [3.63, 3.8) is 0 Å². The Morgan fingerprint density at radius 2 is 1.79 bits per heavy atom.